The van der Waals surface area contributed by atoms with Crippen molar-refractivity contribution >= 4 is 11.6 Å². The van der Waals surface area contributed by atoms with E-state index in [9.17, 15) is 0 Å². The Morgan fingerprint density at radius 3 is 2.22 bits per heavy atom. The summed E-state index contributed by atoms with van der Waals surface area (Å²) in [5.41, 5.74) is 9.81. The van der Waals surface area contributed by atoms with Gasteiger partial charge in [-0.15, -0.1) is 0 Å². The van der Waals surface area contributed by atoms with E-state index in [-0.39, 0.29) is 6.10 Å². The van der Waals surface area contributed by atoms with Crippen molar-refractivity contribution in [3.05, 3.63) is 64.2 Å². The van der Waals surface area contributed by atoms with Crippen LogP contribution in [-0.4, -0.2) is 12.6 Å². The van der Waals surface area contributed by atoms with Gasteiger partial charge in [-0.05, 0) is 62.1 Å². The molecule has 2 aromatic rings. The van der Waals surface area contributed by atoms with E-state index in [0.717, 1.165) is 18.6 Å². The van der Waals surface area contributed by atoms with E-state index in [4.69, 9.17) is 22.1 Å². The molecule has 2 nitrogen and oxygen atoms in total. The minimum Gasteiger partial charge on any atom is -0.489 e. The van der Waals surface area contributed by atoms with Crippen LogP contribution < -0.4 is 10.5 Å². The number of hydrogen-bond donors (Lipinski definition) is 1. The first kappa shape index (κ1) is 17.8. The molecule has 3 heteroatoms. The lowest BCUT2D eigenvalue weighted by Gasteiger charge is -2.17. The number of rotatable bonds is 7. The zero-order valence-corrected chi connectivity index (χ0v) is 14.9. The number of aryl methyl sites for hydroxylation is 1. The van der Waals surface area contributed by atoms with Crippen LogP contribution in [0.2, 0.25) is 5.02 Å². The average Bonchev–Trinajstić information content (AvgIpc) is 2.55. The predicted octanol–water partition coefficient (Wildman–Crippen LogP) is 4.97. The number of halogens is 1. The lowest BCUT2D eigenvalue weighted by Crippen LogP contribution is -2.15. The van der Waals surface area contributed by atoms with Gasteiger partial charge < -0.3 is 10.5 Å². The maximum Gasteiger partial charge on any atom is 0.138 e. The van der Waals surface area contributed by atoms with E-state index in [0.29, 0.717) is 17.5 Å². The molecule has 23 heavy (non-hydrogen) atoms. The maximum absolute atomic E-state index is 6.33. The minimum atomic E-state index is 0.118. The fraction of sp³-hybridized carbons (Fsp3) is 0.400. The Bertz CT molecular complexity index is 622. The van der Waals surface area contributed by atoms with Gasteiger partial charge in [-0.25, -0.2) is 0 Å². The molecule has 0 aliphatic carbocycles. The Balaban J connectivity index is 2.13. The highest BCUT2D eigenvalue weighted by molar-refractivity contribution is 6.32. The molecule has 2 N–H and O–H groups in total. The van der Waals surface area contributed by atoms with Crippen LogP contribution in [0.1, 0.15) is 43.4 Å². The van der Waals surface area contributed by atoms with Gasteiger partial charge in [-0.1, -0.05) is 48.9 Å². The first-order valence-corrected chi connectivity index (χ1v) is 8.65. The molecule has 0 amide bonds. The van der Waals surface area contributed by atoms with Gasteiger partial charge >= 0.3 is 0 Å². The van der Waals surface area contributed by atoms with Crippen molar-refractivity contribution in [1.82, 2.24) is 0 Å². The molecule has 1 unspecified atom stereocenters. The van der Waals surface area contributed by atoms with Crippen LogP contribution in [0.25, 0.3) is 0 Å². The SMILES string of the molecule is CCc1ccc(C(CN)Cc2ccc(OC(C)C)c(Cl)c2)cc1. The Hall–Kier alpha value is -1.51. The largest absolute Gasteiger partial charge is 0.489 e. The molecule has 0 saturated heterocycles. The van der Waals surface area contributed by atoms with Crippen LogP contribution in [0.4, 0.5) is 0 Å². The summed E-state index contributed by atoms with van der Waals surface area (Å²) in [4.78, 5) is 0. The van der Waals surface area contributed by atoms with Crippen LogP contribution >= 0.6 is 11.6 Å². The molecule has 0 aliphatic heterocycles. The van der Waals surface area contributed by atoms with Gasteiger partial charge in [0.2, 0.25) is 0 Å². The van der Waals surface area contributed by atoms with Gasteiger partial charge in [0.05, 0.1) is 11.1 Å². The lowest BCUT2D eigenvalue weighted by molar-refractivity contribution is 0.242. The van der Waals surface area contributed by atoms with E-state index >= 15 is 0 Å². The third kappa shape index (κ3) is 4.98. The fourth-order valence-electron chi connectivity index (χ4n) is 2.67. The van der Waals surface area contributed by atoms with Crippen molar-refractivity contribution in [3.63, 3.8) is 0 Å². The molecular weight excluding hydrogens is 306 g/mol. The van der Waals surface area contributed by atoms with Gasteiger partial charge in [-0.3, -0.25) is 0 Å². The molecule has 124 valence electrons. The number of benzene rings is 2. The van der Waals surface area contributed by atoms with Crippen LogP contribution in [0.15, 0.2) is 42.5 Å². The van der Waals surface area contributed by atoms with Gasteiger partial charge in [0.15, 0.2) is 0 Å². The Kier molecular flexibility index (Phi) is 6.49. The molecule has 0 fully saturated rings. The predicted molar refractivity (Wildman–Crippen MR) is 98.5 cm³/mol. The van der Waals surface area contributed by atoms with E-state index in [1.54, 1.807) is 0 Å². The standard InChI is InChI=1S/C20H26ClNO/c1-4-15-5-8-17(9-6-15)18(13-22)11-16-7-10-20(19(21)12-16)23-14(2)3/h5-10,12,14,18H,4,11,13,22H2,1-3H3. The van der Waals surface area contributed by atoms with Gasteiger partial charge in [0, 0.05) is 5.92 Å². The average molecular weight is 332 g/mol. The number of nitrogens with two attached hydrogens (primary N) is 1. The molecule has 0 aromatic heterocycles. The molecule has 2 aromatic carbocycles. The summed E-state index contributed by atoms with van der Waals surface area (Å²) in [5.74, 6) is 1.04. The second-order valence-corrected chi connectivity index (χ2v) is 6.57. The van der Waals surface area contributed by atoms with E-state index in [1.165, 1.54) is 16.7 Å². The van der Waals surface area contributed by atoms with E-state index < -0.39 is 0 Å². The van der Waals surface area contributed by atoms with Crippen LogP contribution in [-0.2, 0) is 12.8 Å². The first-order valence-electron chi connectivity index (χ1n) is 8.27. The summed E-state index contributed by atoms with van der Waals surface area (Å²) < 4.78 is 5.68. The van der Waals surface area contributed by atoms with E-state index in [2.05, 4.69) is 37.3 Å². The Morgan fingerprint density at radius 1 is 1.04 bits per heavy atom. The second-order valence-electron chi connectivity index (χ2n) is 6.16. The quantitative estimate of drug-likeness (QED) is 0.777. The van der Waals surface area contributed by atoms with Crippen molar-refractivity contribution < 1.29 is 4.74 Å². The molecule has 0 aliphatic rings. The number of hydrogen-bond acceptors (Lipinski definition) is 2. The summed E-state index contributed by atoms with van der Waals surface area (Å²) in [7, 11) is 0. The van der Waals surface area contributed by atoms with E-state index in [1.807, 2.05) is 26.0 Å². The van der Waals surface area contributed by atoms with Crippen LogP contribution in [0, 0.1) is 0 Å². The summed E-state index contributed by atoms with van der Waals surface area (Å²) >= 11 is 6.33. The summed E-state index contributed by atoms with van der Waals surface area (Å²) in [5, 5.41) is 0.660. The highest BCUT2D eigenvalue weighted by Crippen LogP contribution is 2.29. The maximum atomic E-state index is 6.33. The molecule has 0 radical (unpaired) electrons. The highest BCUT2D eigenvalue weighted by Gasteiger charge is 2.12. The molecule has 0 bridgehead atoms. The van der Waals surface area contributed by atoms with Gasteiger partial charge in [-0.2, -0.15) is 0 Å². The summed E-state index contributed by atoms with van der Waals surface area (Å²) in [6.45, 7) is 6.77. The smallest absolute Gasteiger partial charge is 0.138 e. The molecule has 0 heterocycles. The Morgan fingerprint density at radius 2 is 1.70 bits per heavy atom. The normalized spacial score (nSPS) is 12.4. The summed E-state index contributed by atoms with van der Waals surface area (Å²) in [6.07, 6.45) is 2.05. The van der Waals surface area contributed by atoms with Crippen molar-refractivity contribution in [2.75, 3.05) is 6.54 Å². The topological polar surface area (TPSA) is 35.2 Å². The lowest BCUT2D eigenvalue weighted by atomic mass is 9.91. The Labute approximate surface area is 144 Å². The van der Waals surface area contributed by atoms with Crippen molar-refractivity contribution in [2.45, 2.75) is 45.6 Å². The monoisotopic (exact) mass is 331 g/mol. The third-order valence-corrected chi connectivity index (χ3v) is 4.28. The first-order chi connectivity index (χ1) is 11.0. The number of ether oxygens (including phenoxy) is 1. The van der Waals surface area contributed by atoms with Crippen molar-refractivity contribution in [2.24, 2.45) is 5.73 Å². The molecular formula is C20H26ClNO. The third-order valence-electron chi connectivity index (χ3n) is 3.98. The second kappa shape index (κ2) is 8.37. The van der Waals surface area contributed by atoms with Crippen molar-refractivity contribution in [3.8, 4) is 5.75 Å². The highest BCUT2D eigenvalue weighted by atomic mass is 35.5. The molecule has 2 rings (SSSR count). The fourth-order valence-corrected chi connectivity index (χ4v) is 2.92. The van der Waals surface area contributed by atoms with Gasteiger partial charge in [0.1, 0.15) is 5.75 Å². The van der Waals surface area contributed by atoms with Gasteiger partial charge in [0.25, 0.3) is 0 Å². The van der Waals surface area contributed by atoms with Crippen LogP contribution in [0.5, 0.6) is 5.75 Å². The van der Waals surface area contributed by atoms with Crippen LogP contribution in [0.3, 0.4) is 0 Å². The van der Waals surface area contributed by atoms with Crippen molar-refractivity contribution in [1.29, 1.82) is 0 Å². The molecule has 1 atom stereocenters. The molecule has 0 spiro atoms. The zero-order valence-electron chi connectivity index (χ0n) is 14.2. The zero-order chi connectivity index (χ0) is 16.8. The summed E-state index contributed by atoms with van der Waals surface area (Å²) in [6, 6.07) is 14.8. The minimum absolute atomic E-state index is 0.118. The molecule has 0 saturated carbocycles.